The fraction of sp³-hybridized carbons (Fsp3) is 0.939. The predicted molar refractivity (Wildman–Crippen MR) is 334 cm³/mol. The Kier molecular flexibility index (Phi) is 61.6. The normalized spacial score (nSPS) is 12.3. The molecular weight excluding hydrogens is 981 g/mol. The van der Waals surface area contributed by atoms with Crippen LogP contribution in [0.25, 0.3) is 0 Å². The number of hydrogen-bond donors (Lipinski definition) is 4. The Hall–Kier alpha value is -1.42. The number of rotatable bonds is 65. The molecule has 450 valence electrons. The first-order valence-corrected chi connectivity index (χ1v) is 36.1. The van der Waals surface area contributed by atoms with Gasteiger partial charge >= 0.3 is 11.9 Å². The van der Waals surface area contributed by atoms with Crippen molar-refractivity contribution in [2.45, 2.75) is 385 Å². The van der Waals surface area contributed by atoms with Crippen LogP contribution in [0.5, 0.6) is 0 Å². The van der Waals surface area contributed by atoms with Crippen molar-refractivity contribution >= 4 is 45.3 Å². The number of carboxylic acids is 2. The van der Waals surface area contributed by atoms with Crippen LogP contribution >= 0.6 is 21.6 Å². The van der Waals surface area contributed by atoms with Gasteiger partial charge in [0, 0.05) is 24.3 Å². The summed E-state index contributed by atoms with van der Waals surface area (Å²) in [5.41, 5.74) is 0. The number of carbonyl (C=O) groups excluding carboxylic acids is 2. The second-order valence-corrected chi connectivity index (χ2v) is 25.9. The molecule has 0 aliphatic rings. The molecule has 0 unspecified atom stereocenters. The van der Waals surface area contributed by atoms with Gasteiger partial charge in [-0.2, -0.15) is 0 Å². The molecule has 0 aromatic heterocycles. The molecule has 2 atom stereocenters. The molecule has 8 nitrogen and oxygen atoms in total. The molecule has 0 aliphatic carbocycles. The zero-order valence-electron chi connectivity index (χ0n) is 50.5. The van der Waals surface area contributed by atoms with E-state index in [0.717, 1.165) is 38.5 Å². The number of amides is 2. The third-order valence-electron chi connectivity index (χ3n) is 15.8. The molecule has 0 radical (unpaired) electrons. The maximum atomic E-state index is 12.5. The largest absolute Gasteiger partial charge is 0.480 e. The van der Waals surface area contributed by atoms with Gasteiger partial charge in [-0.15, -0.1) is 0 Å². The van der Waals surface area contributed by atoms with Crippen molar-refractivity contribution in [3.8, 4) is 0 Å². The van der Waals surface area contributed by atoms with Crippen LogP contribution < -0.4 is 10.6 Å². The van der Waals surface area contributed by atoms with Crippen molar-refractivity contribution in [2.75, 3.05) is 11.5 Å². The number of carboxylic acid groups (broad SMARTS) is 2. The second-order valence-electron chi connectivity index (χ2n) is 23.4. The summed E-state index contributed by atoms with van der Waals surface area (Å²) >= 11 is 0. The minimum atomic E-state index is -1.10. The molecular formula is C66H128N2O6S2. The highest BCUT2D eigenvalue weighted by atomic mass is 33.1. The van der Waals surface area contributed by atoms with Crippen LogP contribution in [0.1, 0.15) is 373 Å². The van der Waals surface area contributed by atoms with Crippen molar-refractivity contribution in [1.29, 1.82) is 0 Å². The Morgan fingerprint density at radius 3 is 0.553 bits per heavy atom. The summed E-state index contributed by atoms with van der Waals surface area (Å²) in [4.78, 5) is 48.8. The summed E-state index contributed by atoms with van der Waals surface area (Å²) in [5, 5.41) is 24.7. The van der Waals surface area contributed by atoms with Crippen molar-refractivity contribution in [2.24, 2.45) is 0 Å². The molecule has 0 aromatic carbocycles. The maximum Gasteiger partial charge on any atom is 0.327 e. The first-order valence-electron chi connectivity index (χ1n) is 33.6. The van der Waals surface area contributed by atoms with Gasteiger partial charge in [-0.25, -0.2) is 9.59 Å². The molecule has 0 aromatic rings. The smallest absolute Gasteiger partial charge is 0.327 e. The maximum absolute atomic E-state index is 12.5. The fourth-order valence-electron chi connectivity index (χ4n) is 10.7. The van der Waals surface area contributed by atoms with Crippen LogP contribution in [0.15, 0.2) is 0 Å². The van der Waals surface area contributed by atoms with Crippen molar-refractivity contribution < 1.29 is 29.4 Å². The van der Waals surface area contributed by atoms with Gasteiger partial charge in [0.25, 0.3) is 0 Å². The van der Waals surface area contributed by atoms with Gasteiger partial charge in [0.2, 0.25) is 11.8 Å². The van der Waals surface area contributed by atoms with E-state index >= 15 is 0 Å². The van der Waals surface area contributed by atoms with Crippen LogP contribution in [-0.4, -0.2) is 57.6 Å². The van der Waals surface area contributed by atoms with Gasteiger partial charge < -0.3 is 20.8 Å². The Bertz CT molecular complexity index is 1150. The summed E-state index contributed by atoms with van der Waals surface area (Å²) in [6, 6.07) is -2.08. The SMILES string of the molecule is CCCCCCCCCCCCCCCCCCCCCCCCCCCCCC(=O)N[C@@H](CSSC[C@H](NC(=O)CCCCCCCCCCCCCCCCCCCCCCCCCCCCC)C(=O)O)C(=O)O. The lowest BCUT2D eigenvalue weighted by Gasteiger charge is -2.16. The zero-order valence-corrected chi connectivity index (χ0v) is 52.1. The van der Waals surface area contributed by atoms with Gasteiger partial charge in [0.05, 0.1) is 0 Å². The summed E-state index contributed by atoms with van der Waals surface area (Å²) < 4.78 is 0. The third kappa shape index (κ3) is 58.7. The number of unbranched alkanes of at least 4 members (excludes halogenated alkanes) is 52. The molecule has 0 fully saturated rings. The second kappa shape index (κ2) is 62.8. The van der Waals surface area contributed by atoms with Crippen molar-refractivity contribution in [3.63, 3.8) is 0 Å². The van der Waals surface area contributed by atoms with E-state index in [1.807, 2.05) is 0 Å². The van der Waals surface area contributed by atoms with E-state index in [4.69, 9.17) is 0 Å². The van der Waals surface area contributed by atoms with Crippen LogP contribution in [0.3, 0.4) is 0 Å². The molecule has 0 aliphatic heterocycles. The van der Waals surface area contributed by atoms with E-state index in [-0.39, 0.29) is 23.3 Å². The lowest BCUT2D eigenvalue weighted by molar-refractivity contribution is -0.141. The topological polar surface area (TPSA) is 133 Å². The molecule has 4 N–H and O–H groups in total. The van der Waals surface area contributed by atoms with Crippen molar-refractivity contribution in [3.05, 3.63) is 0 Å². The van der Waals surface area contributed by atoms with Gasteiger partial charge in [-0.3, -0.25) is 9.59 Å². The van der Waals surface area contributed by atoms with Gasteiger partial charge in [-0.1, -0.05) is 369 Å². The van der Waals surface area contributed by atoms with E-state index in [1.165, 1.54) is 330 Å². The first kappa shape index (κ1) is 74.6. The Balaban J connectivity index is 3.65. The molecule has 0 bridgehead atoms. The molecule has 0 saturated carbocycles. The highest BCUT2D eigenvalue weighted by molar-refractivity contribution is 8.76. The summed E-state index contributed by atoms with van der Waals surface area (Å²) in [6.07, 6.45) is 73.0. The lowest BCUT2D eigenvalue weighted by atomic mass is 10.0. The predicted octanol–water partition coefficient (Wildman–Crippen LogP) is 21.4. The highest BCUT2D eigenvalue weighted by Gasteiger charge is 2.23. The Morgan fingerprint density at radius 2 is 0.408 bits per heavy atom. The number of aliphatic carboxylic acids is 2. The minimum Gasteiger partial charge on any atom is -0.480 e. The first-order chi connectivity index (χ1) is 37.3. The summed E-state index contributed by atoms with van der Waals surface area (Å²) in [7, 11) is 2.42. The van der Waals surface area contributed by atoms with Gasteiger partial charge in [0.15, 0.2) is 0 Å². The number of carbonyl (C=O) groups is 4. The van der Waals surface area contributed by atoms with Gasteiger partial charge in [0.1, 0.15) is 12.1 Å². The standard InChI is InChI=1S/C66H128N2O6S2/c1-3-5-7-9-11-13-15-17-19-21-23-25-27-29-31-33-35-37-39-41-43-45-47-49-51-53-55-57-63(69)67-61(65(71)72)59-75-76-60-62(66(73)74)68-64(70)58-56-54-52-50-48-46-44-42-40-38-36-34-32-30-28-26-24-22-20-18-16-14-12-10-8-6-4-2/h61-62H,3-60H2,1-2H3,(H,67,69)(H,68,70)(H,71,72)(H,73,74)/t61-,62-/m0/s1. The fourth-order valence-corrected chi connectivity index (χ4v) is 13.0. The van der Waals surface area contributed by atoms with Crippen LogP contribution in [-0.2, 0) is 19.2 Å². The monoisotopic (exact) mass is 1110 g/mol. The van der Waals surface area contributed by atoms with Crippen LogP contribution in [0.2, 0.25) is 0 Å². The molecule has 0 rings (SSSR count). The molecule has 0 spiro atoms. The Morgan fingerprint density at radius 1 is 0.263 bits per heavy atom. The van der Waals surface area contributed by atoms with E-state index in [0.29, 0.717) is 12.8 Å². The average Bonchev–Trinajstić information content (AvgIpc) is 3.40. The number of hydrogen-bond acceptors (Lipinski definition) is 6. The summed E-state index contributed by atoms with van der Waals surface area (Å²) in [5.74, 6) is -2.48. The van der Waals surface area contributed by atoms with E-state index in [2.05, 4.69) is 24.5 Å². The van der Waals surface area contributed by atoms with E-state index < -0.39 is 24.0 Å². The van der Waals surface area contributed by atoms with Crippen molar-refractivity contribution in [1.82, 2.24) is 10.6 Å². The molecule has 10 heteroatoms. The van der Waals surface area contributed by atoms with Crippen LogP contribution in [0, 0.1) is 0 Å². The van der Waals surface area contributed by atoms with E-state index in [9.17, 15) is 29.4 Å². The van der Waals surface area contributed by atoms with Gasteiger partial charge in [-0.05, 0) is 12.8 Å². The molecule has 0 heterocycles. The summed E-state index contributed by atoms with van der Waals surface area (Å²) in [6.45, 7) is 4.58. The number of nitrogens with one attached hydrogen (secondary N) is 2. The minimum absolute atomic E-state index is 0.116. The average molecular weight is 1110 g/mol. The zero-order chi connectivity index (χ0) is 55.3. The van der Waals surface area contributed by atoms with E-state index in [1.54, 1.807) is 0 Å². The molecule has 0 saturated heterocycles. The Labute approximate surface area is 479 Å². The molecule has 76 heavy (non-hydrogen) atoms. The lowest BCUT2D eigenvalue weighted by Crippen LogP contribution is -2.43. The third-order valence-corrected chi connectivity index (χ3v) is 18.3. The van der Waals surface area contributed by atoms with Crippen LogP contribution in [0.4, 0.5) is 0 Å². The quantitative estimate of drug-likeness (QED) is 0.0350. The highest BCUT2D eigenvalue weighted by Crippen LogP contribution is 2.24. The molecule has 2 amide bonds.